The van der Waals surface area contributed by atoms with Crippen LogP contribution in [0.4, 0.5) is 0 Å². The average Bonchev–Trinajstić information content (AvgIpc) is 3.11. The van der Waals surface area contributed by atoms with Gasteiger partial charge in [0, 0.05) is 0 Å². The van der Waals surface area contributed by atoms with Crippen molar-refractivity contribution in [2.75, 3.05) is 0 Å². The molecule has 2 heterocycles. The lowest BCUT2D eigenvalue weighted by molar-refractivity contribution is 1.07. The van der Waals surface area contributed by atoms with E-state index in [0.717, 1.165) is 22.1 Å². The van der Waals surface area contributed by atoms with Crippen LogP contribution in [0.25, 0.3) is 22.1 Å². The maximum Gasteiger partial charge on any atom is 0.191 e. The van der Waals surface area contributed by atoms with Gasteiger partial charge in [-0.1, -0.05) is 24.3 Å². The van der Waals surface area contributed by atoms with Crippen LogP contribution in [0.2, 0.25) is 0 Å². The van der Waals surface area contributed by atoms with Gasteiger partial charge in [0.1, 0.15) is 12.7 Å². The van der Waals surface area contributed by atoms with Crippen LogP contribution in [0.3, 0.4) is 0 Å². The van der Waals surface area contributed by atoms with Crippen LogP contribution in [-0.2, 0) is 0 Å². The molecular formula is C15H10N4S. The van der Waals surface area contributed by atoms with Gasteiger partial charge >= 0.3 is 0 Å². The van der Waals surface area contributed by atoms with Crippen molar-refractivity contribution in [2.24, 2.45) is 0 Å². The summed E-state index contributed by atoms with van der Waals surface area (Å²) in [7, 11) is 0. The number of hydrogen-bond acceptors (Lipinski definition) is 3. The van der Waals surface area contributed by atoms with E-state index in [4.69, 9.17) is 12.2 Å². The van der Waals surface area contributed by atoms with Crippen molar-refractivity contribution in [1.82, 2.24) is 19.1 Å². The summed E-state index contributed by atoms with van der Waals surface area (Å²) in [5.41, 5.74) is 3.85. The molecule has 0 amide bonds. The van der Waals surface area contributed by atoms with Gasteiger partial charge < -0.3 is 0 Å². The summed E-state index contributed by atoms with van der Waals surface area (Å²) >= 11 is 5.60. The second-order valence-electron chi connectivity index (χ2n) is 4.49. The molecule has 0 aliphatic carbocycles. The summed E-state index contributed by atoms with van der Waals surface area (Å²) < 4.78 is 3.80. The van der Waals surface area contributed by atoms with E-state index in [-0.39, 0.29) is 0 Å². The molecule has 4 rings (SSSR count). The minimum atomic E-state index is 0.646. The second kappa shape index (κ2) is 4.25. The maximum absolute atomic E-state index is 5.60. The van der Waals surface area contributed by atoms with Gasteiger partial charge in [0.2, 0.25) is 0 Å². The molecule has 0 saturated heterocycles. The van der Waals surface area contributed by atoms with Gasteiger partial charge in [0.05, 0.1) is 22.1 Å². The molecule has 0 fully saturated rings. The third-order valence-corrected chi connectivity index (χ3v) is 3.71. The molecule has 0 aliphatic heterocycles. The van der Waals surface area contributed by atoms with Gasteiger partial charge in [0.25, 0.3) is 0 Å². The van der Waals surface area contributed by atoms with Crippen molar-refractivity contribution in [3.63, 3.8) is 0 Å². The number of fused-ring (bicyclic) bond motifs is 2. The molecule has 0 saturated carbocycles. The van der Waals surface area contributed by atoms with E-state index < -0.39 is 0 Å². The van der Waals surface area contributed by atoms with Crippen LogP contribution < -0.4 is 0 Å². The zero-order valence-corrected chi connectivity index (χ0v) is 11.3. The fourth-order valence-corrected chi connectivity index (χ4v) is 2.63. The first-order valence-electron chi connectivity index (χ1n) is 6.23. The average molecular weight is 278 g/mol. The summed E-state index contributed by atoms with van der Waals surface area (Å²) in [6, 6.07) is 15.9. The van der Waals surface area contributed by atoms with Crippen LogP contribution in [0.1, 0.15) is 0 Å². The summed E-state index contributed by atoms with van der Waals surface area (Å²) in [4.78, 5) is 8.74. The molecule has 4 aromatic rings. The van der Waals surface area contributed by atoms with Crippen molar-refractivity contribution in [1.29, 1.82) is 0 Å². The molecule has 2 aromatic carbocycles. The Morgan fingerprint density at radius 3 is 1.70 bits per heavy atom. The van der Waals surface area contributed by atoms with Crippen LogP contribution >= 0.6 is 12.2 Å². The SMILES string of the molecule is S=C(n1cnc2ccccc21)n1cnc2ccccc21. The number of aromatic nitrogens is 4. The smallest absolute Gasteiger partial charge is 0.191 e. The monoisotopic (exact) mass is 278 g/mol. The Balaban J connectivity index is 1.92. The third-order valence-electron chi connectivity index (χ3n) is 3.32. The molecule has 0 bridgehead atoms. The van der Waals surface area contributed by atoms with Gasteiger partial charge in [-0.15, -0.1) is 0 Å². The molecule has 2 aromatic heterocycles. The van der Waals surface area contributed by atoms with E-state index >= 15 is 0 Å². The van der Waals surface area contributed by atoms with Crippen LogP contribution in [0.15, 0.2) is 61.2 Å². The second-order valence-corrected chi connectivity index (χ2v) is 4.85. The Labute approximate surface area is 120 Å². The predicted octanol–water partition coefficient (Wildman–Crippen LogP) is 3.07. The van der Waals surface area contributed by atoms with Gasteiger partial charge in [-0.05, 0) is 36.5 Å². The van der Waals surface area contributed by atoms with E-state index in [1.54, 1.807) is 12.7 Å². The Morgan fingerprint density at radius 1 is 0.750 bits per heavy atom. The van der Waals surface area contributed by atoms with E-state index in [9.17, 15) is 0 Å². The van der Waals surface area contributed by atoms with Crippen molar-refractivity contribution in [3.8, 4) is 0 Å². The maximum atomic E-state index is 5.60. The summed E-state index contributed by atoms with van der Waals surface area (Å²) in [5, 5.41) is 0.646. The number of imidazole rings is 2. The number of benzene rings is 2. The molecule has 0 aliphatic rings. The summed E-state index contributed by atoms with van der Waals surface area (Å²) in [6.45, 7) is 0. The van der Waals surface area contributed by atoms with Gasteiger partial charge in [-0.2, -0.15) is 0 Å². The minimum absolute atomic E-state index is 0.646. The molecule has 0 N–H and O–H groups in total. The van der Waals surface area contributed by atoms with Crippen molar-refractivity contribution in [3.05, 3.63) is 61.2 Å². The third kappa shape index (κ3) is 1.57. The van der Waals surface area contributed by atoms with Gasteiger partial charge in [0.15, 0.2) is 5.11 Å². The molecular weight excluding hydrogens is 268 g/mol. The number of para-hydroxylation sites is 4. The zero-order valence-electron chi connectivity index (χ0n) is 10.5. The Morgan fingerprint density at radius 2 is 1.20 bits per heavy atom. The standard InChI is InChI=1S/C15H10N4S/c20-15(18-9-16-11-5-1-3-7-13(11)18)19-10-17-12-6-2-4-8-14(12)19/h1-10H. The highest BCUT2D eigenvalue weighted by atomic mass is 32.1. The first-order valence-corrected chi connectivity index (χ1v) is 6.64. The molecule has 20 heavy (non-hydrogen) atoms. The fourth-order valence-electron chi connectivity index (χ4n) is 2.34. The lowest BCUT2D eigenvalue weighted by atomic mass is 10.3. The first-order chi connectivity index (χ1) is 9.84. The largest absolute Gasteiger partial charge is 0.275 e. The van der Waals surface area contributed by atoms with Crippen LogP contribution in [0, 0.1) is 0 Å². The normalized spacial score (nSPS) is 11.2. The van der Waals surface area contributed by atoms with Crippen molar-refractivity contribution < 1.29 is 0 Å². The molecule has 0 radical (unpaired) electrons. The first kappa shape index (κ1) is 11.3. The Kier molecular flexibility index (Phi) is 2.40. The quantitative estimate of drug-likeness (QED) is 0.464. The van der Waals surface area contributed by atoms with Crippen LogP contribution in [-0.4, -0.2) is 24.2 Å². The topological polar surface area (TPSA) is 35.6 Å². The highest BCUT2D eigenvalue weighted by molar-refractivity contribution is 7.80. The highest BCUT2D eigenvalue weighted by Gasteiger charge is 2.10. The minimum Gasteiger partial charge on any atom is -0.275 e. The van der Waals surface area contributed by atoms with Crippen LogP contribution in [0.5, 0.6) is 0 Å². The molecule has 4 nitrogen and oxygen atoms in total. The summed E-state index contributed by atoms with van der Waals surface area (Å²) in [5.74, 6) is 0. The van der Waals surface area contributed by atoms with Crippen molar-refractivity contribution in [2.45, 2.75) is 0 Å². The predicted molar refractivity (Wildman–Crippen MR) is 82.9 cm³/mol. The Hall–Kier alpha value is -2.53. The van der Waals surface area contributed by atoms with E-state index in [0.29, 0.717) is 5.11 Å². The number of nitrogens with zero attached hydrogens (tertiary/aromatic N) is 4. The van der Waals surface area contributed by atoms with Crippen molar-refractivity contribution >= 4 is 39.4 Å². The molecule has 5 heteroatoms. The number of thiocarbonyl (C=S) groups is 1. The molecule has 0 unspecified atom stereocenters. The Bertz CT molecular complexity index is 859. The number of rotatable bonds is 0. The lowest BCUT2D eigenvalue weighted by Crippen LogP contribution is -2.17. The van der Waals surface area contributed by atoms with E-state index in [1.807, 2.05) is 57.7 Å². The summed E-state index contributed by atoms with van der Waals surface area (Å²) in [6.07, 6.45) is 3.50. The van der Waals surface area contributed by atoms with E-state index in [1.165, 1.54) is 0 Å². The molecule has 0 atom stereocenters. The zero-order chi connectivity index (χ0) is 13.5. The van der Waals surface area contributed by atoms with Gasteiger partial charge in [-0.25, -0.2) is 9.97 Å². The molecule has 96 valence electrons. The highest BCUT2D eigenvalue weighted by Crippen LogP contribution is 2.16. The van der Waals surface area contributed by atoms with Gasteiger partial charge in [-0.3, -0.25) is 9.13 Å². The fraction of sp³-hybridized carbons (Fsp3) is 0. The van der Waals surface area contributed by atoms with E-state index in [2.05, 4.69) is 9.97 Å². The molecule has 0 spiro atoms. The lowest BCUT2D eigenvalue weighted by Gasteiger charge is -2.08. The number of hydrogen-bond donors (Lipinski definition) is 0.